The molecule has 0 N–H and O–H groups in total. The van der Waals surface area contributed by atoms with Gasteiger partial charge in [-0.15, -0.1) is 0 Å². The number of carbonyl (C=O) groups excluding carboxylic acids is 1. The Hall–Kier alpha value is -1.84. The standard InChI is InChI=1S/C13H16N2O2/c1-2-8-14-15-12(10-17-13(15)16)9-11-6-4-3-5-7-11/h3-8,12H,2,9-10H2,1H3/t12-/m0/s1. The van der Waals surface area contributed by atoms with Crippen molar-refractivity contribution in [2.45, 2.75) is 25.8 Å². The molecule has 4 heteroatoms. The van der Waals surface area contributed by atoms with Crippen molar-refractivity contribution >= 4 is 12.3 Å². The van der Waals surface area contributed by atoms with Crippen LogP contribution >= 0.6 is 0 Å². The molecule has 0 bridgehead atoms. The third kappa shape index (κ3) is 2.84. The van der Waals surface area contributed by atoms with Crippen LogP contribution in [0.2, 0.25) is 0 Å². The van der Waals surface area contributed by atoms with Gasteiger partial charge in [-0.1, -0.05) is 37.3 Å². The number of ether oxygens (including phenoxy) is 1. The first-order valence-corrected chi connectivity index (χ1v) is 5.83. The number of hydrazone groups is 1. The molecule has 17 heavy (non-hydrogen) atoms. The van der Waals surface area contributed by atoms with Crippen LogP contribution in [0.5, 0.6) is 0 Å². The van der Waals surface area contributed by atoms with E-state index in [1.807, 2.05) is 37.3 Å². The fourth-order valence-electron chi connectivity index (χ4n) is 1.80. The fourth-order valence-corrected chi connectivity index (χ4v) is 1.80. The summed E-state index contributed by atoms with van der Waals surface area (Å²) in [6.07, 6.45) is 2.95. The van der Waals surface area contributed by atoms with Gasteiger partial charge in [-0.25, -0.2) is 4.79 Å². The van der Waals surface area contributed by atoms with Crippen LogP contribution in [0.3, 0.4) is 0 Å². The molecule has 90 valence electrons. The molecule has 1 aliphatic rings. The molecule has 0 spiro atoms. The summed E-state index contributed by atoms with van der Waals surface area (Å²) in [5, 5.41) is 5.58. The molecule has 1 fully saturated rings. The lowest BCUT2D eigenvalue weighted by Gasteiger charge is -2.15. The summed E-state index contributed by atoms with van der Waals surface area (Å²) in [5.74, 6) is 0. The Morgan fingerprint density at radius 1 is 1.47 bits per heavy atom. The van der Waals surface area contributed by atoms with E-state index in [-0.39, 0.29) is 12.1 Å². The maximum atomic E-state index is 11.5. The van der Waals surface area contributed by atoms with Crippen molar-refractivity contribution in [2.24, 2.45) is 5.10 Å². The first-order valence-electron chi connectivity index (χ1n) is 5.83. The molecule has 0 unspecified atom stereocenters. The normalized spacial score (nSPS) is 19.9. The highest BCUT2D eigenvalue weighted by Crippen LogP contribution is 2.17. The van der Waals surface area contributed by atoms with Crippen LogP contribution in [0.15, 0.2) is 35.4 Å². The summed E-state index contributed by atoms with van der Waals surface area (Å²) < 4.78 is 5.02. The van der Waals surface area contributed by atoms with E-state index >= 15 is 0 Å². The number of hydrogen-bond acceptors (Lipinski definition) is 3. The number of rotatable bonds is 4. The van der Waals surface area contributed by atoms with Crippen molar-refractivity contribution in [3.63, 3.8) is 0 Å². The van der Waals surface area contributed by atoms with E-state index in [2.05, 4.69) is 5.10 Å². The quantitative estimate of drug-likeness (QED) is 0.748. The summed E-state index contributed by atoms with van der Waals surface area (Å²) in [6, 6.07) is 10.1. The Morgan fingerprint density at radius 3 is 2.94 bits per heavy atom. The van der Waals surface area contributed by atoms with E-state index in [1.165, 1.54) is 10.6 Å². The maximum absolute atomic E-state index is 11.5. The van der Waals surface area contributed by atoms with Crippen molar-refractivity contribution in [3.8, 4) is 0 Å². The average molecular weight is 232 g/mol. The zero-order valence-corrected chi connectivity index (χ0v) is 9.87. The van der Waals surface area contributed by atoms with Crippen LogP contribution in [0.25, 0.3) is 0 Å². The van der Waals surface area contributed by atoms with E-state index in [4.69, 9.17) is 4.74 Å². The van der Waals surface area contributed by atoms with Gasteiger partial charge in [0.25, 0.3) is 0 Å². The highest BCUT2D eigenvalue weighted by Gasteiger charge is 2.32. The largest absolute Gasteiger partial charge is 0.446 e. The van der Waals surface area contributed by atoms with Crippen molar-refractivity contribution in [2.75, 3.05) is 6.61 Å². The molecule has 2 rings (SSSR count). The Kier molecular flexibility index (Phi) is 3.75. The predicted octanol–water partition coefficient (Wildman–Crippen LogP) is 2.45. The fraction of sp³-hybridized carbons (Fsp3) is 0.385. The van der Waals surface area contributed by atoms with Crippen LogP contribution in [0.1, 0.15) is 18.9 Å². The summed E-state index contributed by atoms with van der Waals surface area (Å²) >= 11 is 0. The molecule has 1 aromatic carbocycles. The van der Waals surface area contributed by atoms with Crippen LogP contribution < -0.4 is 0 Å². The van der Waals surface area contributed by atoms with Crippen molar-refractivity contribution in [1.82, 2.24) is 5.01 Å². The second kappa shape index (κ2) is 5.48. The minimum Gasteiger partial charge on any atom is -0.446 e. The Balaban J connectivity index is 2.05. The SMILES string of the molecule is CCC=NN1C(=O)OC[C@@H]1Cc1ccccc1. The predicted molar refractivity (Wildman–Crippen MR) is 65.9 cm³/mol. The summed E-state index contributed by atoms with van der Waals surface area (Å²) in [4.78, 5) is 11.5. The number of carbonyl (C=O) groups is 1. The minimum absolute atomic E-state index is 0.00713. The van der Waals surface area contributed by atoms with Gasteiger partial charge in [0.1, 0.15) is 6.61 Å². The Bertz CT molecular complexity index is 403. The first-order chi connectivity index (χ1) is 8.31. The van der Waals surface area contributed by atoms with Crippen molar-refractivity contribution in [3.05, 3.63) is 35.9 Å². The van der Waals surface area contributed by atoms with Crippen LogP contribution in [-0.4, -0.2) is 30.0 Å². The highest BCUT2D eigenvalue weighted by molar-refractivity contribution is 5.71. The van der Waals surface area contributed by atoms with Gasteiger partial charge in [-0.2, -0.15) is 10.1 Å². The van der Waals surface area contributed by atoms with E-state index < -0.39 is 0 Å². The Labute approximate surface area is 101 Å². The minimum atomic E-state index is -0.351. The summed E-state index contributed by atoms with van der Waals surface area (Å²) in [6.45, 7) is 2.39. The van der Waals surface area contributed by atoms with E-state index in [1.54, 1.807) is 6.21 Å². The van der Waals surface area contributed by atoms with Gasteiger partial charge < -0.3 is 4.74 Å². The molecule has 1 saturated heterocycles. The first kappa shape index (κ1) is 11.6. The highest BCUT2D eigenvalue weighted by atomic mass is 16.6. The molecular weight excluding hydrogens is 216 g/mol. The molecule has 0 aromatic heterocycles. The molecule has 1 amide bonds. The lowest BCUT2D eigenvalue weighted by Crippen LogP contribution is -2.30. The topological polar surface area (TPSA) is 41.9 Å². The van der Waals surface area contributed by atoms with E-state index in [0.29, 0.717) is 6.61 Å². The third-order valence-corrected chi connectivity index (χ3v) is 2.63. The van der Waals surface area contributed by atoms with Gasteiger partial charge in [0, 0.05) is 6.21 Å². The number of hydrogen-bond donors (Lipinski definition) is 0. The van der Waals surface area contributed by atoms with Crippen molar-refractivity contribution in [1.29, 1.82) is 0 Å². The molecule has 1 aliphatic heterocycles. The van der Waals surface area contributed by atoms with Crippen LogP contribution in [0.4, 0.5) is 4.79 Å². The lowest BCUT2D eigenvalue weighted by molar-refractivity contribution is 0.159. The molecule has 1 aromatic rings. The zero-order valence-electron chi connectivity index (χ0n) is 9.87. The third-order valence-electron chi connectivity index (χ3n) is 2.63. The van der Waals surface area contributed by atoms with E-state index in [9.17, 15) is 4.79 Å². The second-order valence-electron chi connectivity index (χ2n) is 3.97. The molecule has 0 radical (unpaired) electrons. The number of cyclic esters (lactones) is 1. The van der Waals surface area contributed by atoms with Gasteiger partial charge in [0.05, 0.1) is 6.04 Å². The second-order valence-corrected chi connectivity index (χ2v) is 3.97. The monoisotopic (exact) mass is 232 g/mol. The number of benzene rings is 1. The lowest BCUT2D eigenvalue weighted by atomic mass is 10.1. The molecule has 4 nitrogen and oxygen atoms in total. The zero-order chi connectivity index (χ0) is 12.1. The molecule has 1 heterocycles. The van der Waals surface area contributed by atoms with Gasteiger partial charge in [-0.05, 0) is 18.4 Å². The maximum Gasteiger partial charge on any atom is 0.430 e. The molecular formula is C13H16N2O2. The van der Waals surface area contributed by atoms with Crippen LogP contribution in [-0.2, 0) is 11.2 Å². The summed E-state index contributed by atoms with van der Waals surface area (Å²) in [7, 11) is 0. The molecule has 1 atom stereocenters. The van der Waals surface area contributed by atoms with E-state index in [0.717, 1.165) is 12.8 Å². The van der Waals surface area contributed by atoms with Gasteiger partial charge >= 0.3 is 6.09 Å². The number of amides is 1. The smallest absolute Gasteiger partial charge is 0.430 e. The van der Waals surface area contributed by atoms with Gasteiger partial charge in [0.2, 0.25) is 0 Å². The van der Waals surface area contributed by atoms with Gasteiger partial charge in [0.15, 0.2) is 0 Å². The average Bonchev–Trinajstić information content (AvgIpc) is 2.69. The molecule has 0 aliphatic carbocycles. The van der Waals surface area contributed by atoms with Crippen LogP contribution in [0, 0.1) is 0 Å². The number of nitrogens with zero attached hydrogens (tertiary/aromatic N) is 2. The Morgan fingerprint density at radius 2 is 2.24 bits per heavy atom. The molecule has 0 saturated carbocycles. The summed E-state index contributed by atoms with van der Waals surface area (Å²) in [5.41, 5.74) is 1.19. The van der Waals surface area contributed by atoms with Gasteiger partial charge in [-0.3, -0.25) is 0 Å². The van der Waals surface area contributed by atoms with Crippen molar-refractivity contribution < 1.29 is 9.53 Å².